The van der Waals surface area contributed by atoms with E-state index in [1.807, 2.05) is 13.8 Å². The molecule has 1 amide bonds. The maximum absolute atomic E-state index is 12.4. The van der Waals surface area contributed by atoms with E-state index in [9.17, 15) is 14.7 Å². The number of carbonyl (C=O) groups is 2. The molecule has 0 saturated carbocycles. The average molecular weight is 317 g/mol. The second-order valence-corrected chi connectivity index (χ2v) is 6.73. The van der Waals surface area contributed by atoms with Crippen molar-refractivity contribution in [3.63, 3.8) is 0 Å². The largest absolute Gasteiger partial charge is 0.479 e. The number of hydrogen-bond donors (Lipinski definition) is 2. The molecule has 0 bridgehead atoms. The fourth-order valence-electron chi connectivity index (χ4n) is 2.22. The first-order chi connectivity index (χ1) is 9.35. The lowest BCUT2D eigenvalue weighted by atomic mass is 9.99. The highest BCUT2D eigenvalue weighted by Gasteiger charge is 2.43. The minimum atomic E-state index is -1.17. The second kappa shape index (κ2) is 5.69. The summed E-state index contributed by atoms with van der Waals surface area (Å²) in [7, 11) is 0. The normalized spacial score (nSPS) is 22.2. The molecule has 7 heteroatoms. The van der Waals surface area contributed by atoms with Crippen LogP contribution >= 0.6 is 23.4 Å². The molecule has 20 heavy (non-hydrogen) atoms. The molecule has 1 saturated heterocycles. The molecule has 1 aromatic rings. The van der Waals surface area contributed by atoms with Gasteiger partial charge in [0.15, 0.2) is 0 Å². The number of nitrogens with one attached hydrogen (secondary N) is 1. The van der Waals surface area contributed by atoms with Crippen molar-refractivity contribution in [1.82, 2.24) is 9.88 Å². The number of rotatable bonds is 4. The Morgan fingerprint density at radius 3 is 2.75 bits per heavy atom. The van der Waals surface area contributed by atoms with E-state index in [1.165, 1.54) is 11.8 Å². The van der Waals surface area contributed by atoms with Crippen molar-refractivity contribution < 1.29 is 14.7 Å². The Morgan fingerprint density at radius 1 is 1.55 bits per heavy atom. The molecule has 1 atom stereocenters. The molecule has 2 heterocycles. The Balaban J connectivity index is 2.26. The summed E-state index contributed by atoms with van der Waals surface area (Å²) in [5.41, 5.74) is -0.775. The lowest BCUT2D eigenvalue weighted by molar-refractivity contribution is -0.143. The number of amides is 1. The maximum Gasteiger partial charge on any atom is 0.330 e. The molecule has 0 spiro atoms. The van der Waals surface area contributed by atoms with Crippen LogP contribution in [0.4, 0.5) is 0 Å². The van der Waals surface area contributed by atoms with E-state index in [4.69, 9.17) is 11.6 Å². The predicted molar refractivity (Wildman–Crippen MR) is 79.6 cm³/mol. The third kappa shape index (κ3) is 2.81. The molecule has 1 aromatic heterocycles. The first-order valence-electron chi connectivity index (χ1n) is 6.37. The van der Waals surface area contributed by atoms with Crippen LogP contribution in [0.25, 0.3) is 0 Å². The summed E-state index contributed by atoms with van der Waals surface area (Å²) in [6.07, 6.45) is 2.12. The van der Waals surface area contributed by atoms with Gasteiger partial charge in [-0.2, -0.15) is 11.8 Å². The summed E-state index contributed by atoms with van der Waals surface area (Å²) in [6, 6.07) is 1.64. The van der Waals surface area contributed by atoms with Crippen LogP contribution in [-0.2, 0) is 4.79 Å². The van der Waals surface area contributed by atoms with Gasteiger partial charge in [0.05, 0.1) is 5.02 Å². The van der Waals surface area contributed by atoms with E-state index < -0.39 is 17.4 Å². The van der Waals surface area contributed by atoms with Crippen molar-refractivity contribution in [3.05, 3.63) is 23.0 Å². The molecule has 0 aliphatic carbocycles. The van der Waals surface area contributed by atoms with Gasteiger partial charge < -0.3 is 15.0 Å². The van der Waals surface area contributed by atoms with Gasteiger partial charge in [0.25, 0.3) is 5.91 Å². The van der Waals surface area contributed by atoms with Crippen molar-refractivity contribution >= 4 is 35.2 Å². The highest BCUT2D eigenvalue weighted by Crippen LogP contribution is 2.29. The van der Waals surface area contributed by atoms with Gasteiger partial charge in [-0.3, -0.25) is 4.79 Å². The molecular weight excluding hydrogens is 300 g/mol. The van der Waals surface area contributed by atoms with Crippen molar-refractivity contribution in [1.29, 1.82) is 0 Å². The zero-order valence-corrected chi connectivity index (χ0v) is 12.9. The van der Waals surface area contributed by atoms with Crippen molar-refractivity contribution in [2.24, 2.45) is 0 Å². The first kappa shape index (κ1) is 15.3. The molecule has 110 valence electrons. The fourth-order valence-corrected chi connectivity index (χ4v) is 3.76. The Morgan fingerprint density at radius 2 is 2.25 bits per heavy atom. The van der Waals surface area contributed by atoms with Crippen LogP contribution in [0.2, 0.25) is 5.02 Å². The van der Waals surface area contributed by atoms with Crippen LogP contribution in [0.15, 0.2) is 12.3 Å². The van der Waals surface area contributed by atoms with Crippen LogP contribution in [0.1, 0.15) is 36.8 Å². The number of aliphatic carboxylic acids is 1. The standard InChI is InChI=1S/C13H17ClN2O3S/c1-8(2)16-6-9(14)5-10(16)11(17)15-13(12(18)19)3-4-20-7-13/h5-6,8H,3-4,7H2,1-2H3,(H,15,17)(H,18,19). The number of carboxylic acids is 1. The number of nitrogens with zero attached hydrogens (tertiary/aromatic N) is 1. The zero-order valence-electron chi connectivity index (χ0n) is 11.4. The summed E-state index contributed by atoms with van der Waals surface area (Å²) in [6.45, 7) is 3.87. The first-order valence-corrected chi connectivity index (χ1v) is 7.90. The third-order valence-electron chi connectivity index (χ3n) is 3.39. The molecule has 1 aliphatic heterocycles. The van der Waals surface area contributed by atoms with Crippen molar-refractivity contribution in [3.8, 4) is 0 Å². The summed E-state index contributed by atoms with van der Waals surface area (Å²) in [5.74, 6) is -0.247. The topological polar surface area (TPSA) is 71.3 Å². The molecular formula is C13H17ClN2O3S. The smallest absolute Gasteiger partial charge is 0.330 e. The SMILES string of the molecule is CC(C)n1cc(Cl)cc1C(=O)NC1(C(=O)O)CCSC1. The molecule has 1 fully saturated rings. The van der Waals surface area contributed by atoms with Crippen molar-refractivity contribution in [2.45, 2.75) is 31.8 Å². The van der Waals surface area contributed by atoms with Crippen molar-refractivity contribution in [2.75, 3.05) is 11.5 Å². The molecule has 1 unspecified atom stereocenters. The number of hydrogen-bond acceptors (Lipinski definition) is 3. The summed E-state index contributed by atoms with van der Waals surface area (Å²) in [4.78, 5) is 23.8. The number of aromatic nitrogens is 1. The van der Waals surface area contributed by atoms with Crippen LogP contribution in [-0.4, -0.2) is 38.6 Å². The van der Waals surface area contributed by atoms with E-state index >= 15 is 0 Å². The van der Waals surface area contributed by atoms with Gasteiger partial charge in [0.2, 0.25) is 0 Å². The summed E-state index contributed by atoms with van der Waals surface area (Å²) < 4.78 is 1.75. The highest BCUT2D eigenvalue weighted by molar-refractivity contribution is 7.99. The van der Waals surface area contributed by atoms with E-state index in [-0.39, 0.29) is 6.04 Å². The van der Waals surface area contributed by atoms with Crippen LogP contribution in [0, 0.1) is 0 Å². The van der Waals surface area contributed by atoms with Gasteiger partial charge in [0, 0.05) is 18.0 Å². The van der Waals surface area contributed by atoms with Crippen LogP contribution in [0.3, 0.4) is 0 Å². The Bertz CT molecular complexity index is 536. The molecule has 2 rings (SSSR count). The fraction of sp³-hybridized carbons (Fsp3) is 0.538. The maximum atomic E-state index is 12.4. The quantitative estimate of drug-likeness (QED) is 0.895. The molecule has 0 aromatic carbocycles. The minimum absolute atomic E-state index is 0.0713. The number of halogens is 1. The monoisotopic (exact) mass is 316 g/mol. The predicted octanol–water partition coefficient (Wildman–Crippen LogP) is 2.41. The van der Waals surface area contributed by atoms with Gasteiger partial charge in [-0.15, -0.1) is 0 Å². The summed E-state index contributed by atoms with van der Waals surface area (Å²) in [5, 5.41) is 12.5. The number of carbonyl (C=O) groups excluding carboxylic acids is 1. The Labute approximate surface area is 126 Å². The number of carboxylic acid groups (broad SMARTS) is 1. The van der Waals surface area contributed by atoms with E-state index in [2.05, 4.69) is 5.32 Å². The van der Waals surface area contributed by atoms with E-state index in [1.54, 1.807) is 16.8 Å². The zero-order chi connectivity index (χ0) is 14.9. The van der Waals surface area contributed by atoms with Gasteiger partial charge >= 0.3 is 5.97 Å². The van der Waals surface area contributed by atoms with Gasteiger partial charge in [-0.05, 0) is 32.1 Å². The van der Waals surface area contributed by atoms with E-state index in [0.29, 0.717) is 22.9 Å². The third-order valence-corrected chi connectivity index (χ3v) is 4.78. The highest BCUT2D eigenvalue weighted by atomic mass is 35.5. The Hall–Kier alpha value is -1.14. The molecule has 0 radical (unpaired) electrons. The lowest BCUT2D eigenvalue weighted by Gasteiger charge is -2.25. The van der Waals surface area contributed by atoms with E-state index in [0.717, 1.165) is 5.75 Å². The second-order valence-electron chi connectivity index (χ2n) is 5.19. The minimum Gasteiger partial charge on any atom is -0.479 e. The lowest BCUT2D eigenvalue weighted by Crippen LogP contribution is -2.55. The van der Waals surface area contributed by atoms with Crippen LogP contribution < -0.4 is 5.32 Å². The molecule has 5 nitrogen and oxygen atoms in total. The van der Waals surface area contributed by atoms with Crippen LogP contribution in [0.5, 0.6) is 0 Å². The summed E-state index contributed by atoms with van der Waals surface area (Å²) >= 11 is 7.48. The van der Waals surface area contributed by atoms with Gasteiger partial charge in [-0.1, -0.05) is 11.6 Å². The molecule has 2 N–H and O–H groups in total. The molecule has 1 aliphatic rings. The number of thioether (sulfide) groups is 1. The average Bonchev–Trinajstić information content (AvgIpc) is 2.96. The van der Waals surface area contributed by atoms with Gasteiger partial charge in [0.1, 0.15) is 11.2 Å². The van der Waals surface area contributed by atoms with Gasteiger partial charge in [-0.25, -0.2) is 4.79 Å². The Kier molecular flexibility index (Phi) is 4.34.